The number of nitrogens with zero attached hydrogens (tertiary/aromatic N) is 3. The Morgan fingerprint density at radius 3 is 2.65 bits per heavy atom. The van der Waals surface area contributed by atoms with Gasteiger partial charge in [-0.2, -0.15) is 0 Å². The molecule has 0 fully saturated rings. The first-order valence-electron chi connectivity index (χ1n) is 6.49. The highest BCUT2D eigenvalue weighted by molar-refractivity contribution is 9.10. The van der Waals surface area contributed by atoms with Crippen LogP contribution in [-0.4, -0.2) is 30.6 Å². The van der Waals surface area contributed by atoms with Crippen LogP contribution >= 0.6 is 15.9 Å². The minimum Gasteiger partial charge on any atom is -0.363 e. The number of primary sulfonamides is 1. The average molecular weight is 392 g/mol. The van der Waals surface area contributed by atoms with Crippen LogP contribution in [0, 0.1) is 0 Å². The van der Waals surface area contributed by atoms with Gasteiger partial charge < -0.3 is 5.32 Å². The van der Waals surface area contributed by atoms with Crippen molar-refractivity contribution in [2.75, 3.05) is 5.32 Å². The lowest BCUT2D eigenvalue weighted by molar-refractivity contribution is 0.598. The molecular formula is C13H11BBrN5O2S. The second kappa shape index (κ2) is 5.95. The van der Waals surface area contributed by atoms with Crippen LogP contribution in [0.2, 0.25) is 0 Å². The molecule has 2 heterocycles. The van der Waals surface area contributed by atoms with Gasteiger partial charge in [0.1, 0.15) is 12.4 Å². The SMILES string of the molecule is [B]c1cn2c(Br)cnc2c(NCc2ccc(S(N)(=O)=O)cc2)n1. The Kier molecular flexibility index (Phi) is 4.13. The van der Waals surface area contributed by atoms with Crippen molar-refractivity contribution in [1.82, 2.24) is 14.4 Å². The van der Waals surface area contributed by atoms with E-state index in [2.05, 4.69) is 31.2 Å². The van der Waals surface area contributed by atoms with E-state index in [0.717, 1.165) is 10.2 Å². The van der Waals surface area contributed by atoms with E-state index >= 15 is 0 Å². The van der Waals surface area contributed by atoms with Crippen molar-refractivity contribution in [2.24, 2.45) is 5.14 Å². The number of benzene rings is 1. The summed E-state index contributed by atoms with van der Waals surface area (Å²) >= 11 is 3.38. The summed E-state index contributed by atoms with van der Waals surface area (Å²) in [6.07, 6.45) is 3.32. The van der Waals surface area contributed by atoms with Crippen LogP contribution in [0.15, 0.2) is 46.2 Å². The van der Waals surface area contributed by atoms with Crippen LogP contribution < -0.4 is 16.0 Å². The maximum Gasteiger partial charge on any atom is 0.238 e. The number of rotatable bonds is 4. The van der Waals surface area contributed by atoms with E-state index in [4.69, 9.17) is 13.0 Å². The first kappa shape index (κ1) is 16.0. The van der Waals surface area contributed by atoms with Gasteiger partial charge in [-0.3, -0.25) is 4.40 Å². The van der Waals surface area contributed by atoms with Crippen molar-refractivity contribution >= 4 is 50.9 Å². The summed E-state index contributed by atoms with van der Waals surface area (Å²) in [6.45, 7) is 0.432. The third-order valence-electron chi connectivity index (χ3n) is 3.18. The van der Waals surface area contributed by atoms with Gasteiger partial charge in [-0.25, -0.2) is 23.5 Å². The first-order chi connectivity index (χ1) is 10.8. The van der Waals surface area contributed by atoms with Gasteiger partial charge in [0.25, 0.3) is 0 Å². The van der Waals surface area contributed by atoms with Crippen molar-refractivity contribution in [3.05, 3.63) is 46.8 Å². The number of imidazole rings is 1. The predicted molar refractivity (Wildman–Crippen MR) is 91.2 cm³/mol. The third-order valence-corrected chi connectivity index (χ3v) is 4.69. The van der Waals surface area contributed by atoms with Gasteiger partial charge in [0.05, 0.1) is 11.1 Å². The number of nitrogens with one attached hydrogen (secondary N) is 1. The standard InChI is InChI=1S/C13H11BBrN5O2S/c14-10-7-20-11(15)6-18-13(20)12(19-10)17-5-8-1-3-9(4-2-8)23(16,21)22/h1-4,6-7H,5H2,(H,17,19)(H2,16,21,22). The van der Waals surface area contributed by atoms with Crippen molar-refractivity contribution in [3.63, 3.8) is 0 Å². The Hall–Kier alpha value is -1.91. The fourth-order valence-electron chi connectivity index (χ4n) is 2.08. The van der Waals surface area contributed by atoms with E-state index in [0.29, 0.717) is 23.6 Å². The van der Waals surface area contributed by atoms with Crippen molar-refractivity contribution in [2.45, 2.75) is 11.4 Å². The molecule has 0 spiro atoms. The van der Waals surface area contributed by atoms with Gasteiger partial charge in [0, 0.05) is 18.3 Å². The number of sulfonamides is 1. The molecule has 7 nitrogen and oxygen atoms in total. The molecule has 0 aliphatic heterocycles. The van der Waals surface area contributed by atoms with Gasteiger partial charge in [0.2, 0.25) is 10.0 Å². The second-order valence-electron chi connectivity index (χ2n) is 4.83. The van der Waals surface area contributed by atoms with Crippen molar-refractivity contribution in [1.29, 1.82) is 0 Å². The van der Waals surface area contributed by atoms with Crippen LogP contribution in [0.25, 0.3) is 5.65 Å². The van der Waals surface area contributed by atoms with Gasteiger partial charge in [-0.1, -0.05) is 12.1 Å². The lowest BCUT2D eigenvalue weighted by Crippen LogP contribution is -2.15. The lowest BCUT2D eigenvalue weighted by Gasteiger charge is -2.09. The Balaban J connectivity index is 1.84. The summed E-state index contributed by atoms with van der Waals surface area (Å²) in [6, 6.07) is 6.27. The summed E-state index contributed by atoms with van der Waals surface area (Å²) in [4.78, 5) is 8.56. The monoisotopic (exact) mass is 391 g/mol. The molecule has 0 saturated heterocycles. The lowest BCUT2D eigenvalue weighted by atomic mass is 10.1. The molecule has 3 aromatic rings. The smallest absolute Gasteiger partial charge is 0.238 e. The summed E-state index contributed by atoms with van der Waals surface area (Å²) in [5, 5.41) is 8.21. The van der Waals surface area contributed by atoms with E-state index in [-0.39, 0.29) is 4.90 Å². The molecule has 1 aromatic carbocycles. The summed E-state index contributed by atoms with van der Waals surface area (Å²) < 4.78 is 25.0. The molecule has 0 amide bonds. The number of anilines is 1. The highest BCUT2D eigenvalue weighted by Gasteiger charge is 2.09. The van der Waals surface area contributed by atoms with Crippen LogP contribution in [0.3, 0.4) is 0 Å². The summed E-state index contributed by atoms with van der Waals surface area (Å²) in [5.41, 5.74) is 1.85. The fraction of sp³-hybridized carbons (Fsp3) is 0.0769. The topological polar surface area (TPSA) is 102 Å². The predicted octanol–water partition coefficient (Wildman–Crippen LogP) is 0.545. The van der Waals surface area contributed by atoms with Crippen LogP contribution in [0.4, 0.5) is 5.82 Å². The zero-order chi connectivity index (χ0) is 16.6. The molecular weight excluding hydrogens is 381 g/mol. The Bertz CT molecular complexity index is 972. The van der Waals surface area contributed by atoms with Gasteiger partial charge >= 0.3 is 0 Å². The number of halogens is 1. The van der Waals surface area contributed by atoms with Crippen molar-refractivity contribution < 1.29 is 8.42 Å². The largest absolute Gasteiger partial charge is 0.363 e. The normalized spacial score (nSPS) is 11.7. The van der Waals surface area contributed by atoms with Gasteiger partial charge in [0.15, 0.2) is 11.5 Å². The van der Waals surface area contributed by atoms with E-state index in [1.54, 1.807) is 28.9 Å². The molecule has 0 aliphatic carbocycles. The Labute approximate surface area is 142 Å². The maximum absolute atomic E-state index is 11.2. The van der Waals surface area contributed by atoms with E-state index in [9.17, 15) is 8.42 Å². The molecule has 3 rings (SSSR count). The number of nitrogens with two attached hydrogens (primary N) is 1. The Morgan fingerprint density at radius 1 is 1.30 bits per heavy atom. The molecule has 116 valence electrons. The average Bonchev–Trinajstić information content (AvgIpc) is 2.86. The number of hydrogen-bond donors (Lipinski definition) is 2. The van der Waals surface area contributed by atoms with Crippen LogP contribution in [0.5, 0.6) is 0 Å². The molecule has 0 aliphatic rings. The van der Waals surface area contributed by atoms with E-state index < -0.39 is 10.0 Å². The highest BCUT2D eigenvalue weighted by Crippen LogP contribution is 2.18. The van der Waals surface area contributed by atoms with Crippen molar-refractivity contribution in [3.8, 4) is 0 Å². The summed E-state index contributed by atoms with van der Waals surface area (Å²) in [7, 11) is 2.10. The maximum atomic E-state index is 11.2. The van der Waals surface area contributed by atoms with E-state index in [1.807, 2.05) is 0 Å². The quantitative estimate of drug-likeness (QED) is 0.632. The van der Waals surface area contributed by atoms with Gasteiger partial charge in [-0.05, 0) is 33.6 Å². The molecule has 0 unspecified atom stereocenters. The number of fused-ring (bicyclic) bond motifs is 1. The Morgan fingerprint density at radius 2 is 2.00 bits per heavy atom. The molecule has 2 radical (unpaired) electrons. The fourth-order valence-corrected chi connectivity index (χ4v) is 2.97. The number of hydrogen-bond acceptors (Lipinski definition) is 5. The molecule has 2 aromatic heterocycles. The first-order valence-corrected chi connectivity index (χ1v) is 8.83. The molecule has 23 heavy (non-hydrogen) atoms. The minimum absolute atomic E-state index is 0.0721. The van der Waals surface area contributed by atoms with Gasteiger partial charge in [-0.15, -0.1) is 0 Å². The second-order valence-corrected chi connectivity index (χ2v) is 7.21. The van der Waals surface area contributed by atoms with E-state index in [1.165, 1.54) is 12.1 Å². The molecule has 10 heteroatoms. The number of aromatic nitrogens is 3. The van der Waals surface area contributed by atoms with Crippen LogP contribution in [-0.2, 0) is 16.6 Å². The minimum atomic E-state index is -3.69. The third kappa shape index (κ3) is 3.38. The zero-order valence-corrected chi connectivity index (χ0v) is 14.2. The molecule has 3 N–H and O–H groups in total. The zero-order valence-electron chi connectivity index (χ0n) is 11.8. The molecule has 0 atom stereocenters. The molecule has 0 saturated carbocycles. The molecule has 0 bridgehead atoms. The highest BCUT2D eigenvalue weighted by atomic mass is 79.9. The summed E-state index contributed by atoms with van der Waals surface area (Å²) in [5.74, 6) is 0.534. The van der Waals surface area contributed by atoms with Crippen LogP contribution in [0.1, 0.15) is 5.56 Å².